The minimum absolute atomic E-state index is 0.0534. The van der Waals surface area contributed by atoms with Gasteiger partial charge in [-0.3, -0.25) is 4.79 Å². The average molecular weight is 305 g/mol. The first kappa shape index (κ1) is 15.0. The van der Waals surface area contributed by atoms with Crippen molar-refractivity contribution in [1.29, 1.82) is 0 Å². The SMILES string of the molecule is O=C(c1ccc(OC(F)(F)C(F)F)cc1)C(Cl)Cl. The van der Waals surface area contributed by atoms with Crippen molar-refractivity contribution in [3.63, 3.8) is 0 Å². The molecular weight excluding hydrogens is 299 g/mol. The molecule has 1 rings (SSSR count). The van der Waals surface area contributed by atoms with Gasteiger partial charge in [-0.2, -0.15) is 17.6 Å². The first-order chi connectivity index (χ1) is 8.24. The molecule has 0 atom stereocenters. The fourth-order valence-electron chi connectivity index (χ4n) is 1.01. The summed E-state index contributed by atoms with van der Waals surface area (Å²) in [6, 6.07) is 4.08. The van der Waals surface area contributed by atoms with Crippen LogP contribution in [0.4, 0.5) is 17.6 Å². The van der Waals surface area contributed by atoms with Gasteiger partial charge in [-0.05, 0) is 24.3 Å². The van der Waals surface area contributed by atoms with Crippen molar-refractivity contribution < 1.29 is 27.1 Å². The van der Waals surface area contributed by atoms with Crippen molar-refractivity contribution in [3.05, 3.63) is 29.8 Å². The van der Waals surface area contributed by atoms with Crippen molar-refractivity contribution in [2.24, 2.45) is 0 Å². The standard InChI is InChI=1S/C10H6Cl2F4O2/c11-8(12)7(17)5-1-3-6(4-2-5)18-10(15,16)9(13)14/h1-4,8-9H. The number of ether oxygens (including phenoxy) is 1. The van der Waals surface area contributed by atoms with Crippen LogP contribution in [0.25, 0.3) is 0 Å². The van der Waals surface area contributed by atoms with Crippen molar-refractivity contribution in [1.82, 2.24) is 0 Å². The predicted molar refractivity (Wildman–Crippen MR) is 57.8 cm³/mol. The molecule has 0 aliphatic heterocycles. The van der Waals surface area contributed by atoms with Gasteiger partial charge in [0.15, 0.2) is 10.6 Å². The summed E-state index contributed by atoms with van der Waals surface area (Å²) in [5, 5.41) is 0. The van der Waals surface area contributed by atoms with Gasteiger partial charge in [0.2, 0.25) is 0 Å². The van der Waals surface area contributed by atoms with Crippen LogP contribution in [0.1, 0.15) is 10.4 Å². The number of Topliss-reactive ketones (excluding diaryl/α,β-unsaturated/α-hetero) is 1. The van der Waals surface area contributed by atoms with Gasteiger partial charge in [0, 0.05) is 5.56 Å². The summed E-state index contributed by atoms with van der Waals surface area (Å²) < 4.78 is 52.6. The predicted octanol–water partition coefficient (Wildman–Crippen LogP) is 3.91. The fraction of sp³-hybridized carbons (Fsp3) is 0.300. The van der Waals surface area contributed by atoms with Crippen LogP contribution in [0, 0.1) is 0 Å². The van der Waals surface area contributed by atoms with Crippen LogP contribution in [0.5, 0.6) is 5.75 Å². The van der Waals surface area contributed by atoms with Crippen LogP contribution in [0.2, 0.25) is 0 Å². The molecule has 0 saturated heterocycles. The molecule has 0 bridgehead atoms. The Hall–Kier alpha value is -1.01. The minimum Gasteiger partial charge on any atom is -0.428 e. The Morgan fingerprint density at radius 3 is 2.06 bits per heavy atom. The third kappa shape index (κ3) is 3.74. The number of carbonyl (C=O) groups is 1. The van der Waals surface area contributed by atoms with Gasteiger partial charge in [-0.25, -0.2) is 0 Å². The van der Waals surface area contributed by atoms with Crippen molar-refractivity contribution in [2.75, 3.05) is 0 Å². The Balaban J connectivity index is 2.81. The Kier molecular flexibility index (Phi) is 4.81. The van der Waals surface area contributed by atoms with E-state index in [-0.39, 0.29) is 5.56 Å². The van der Waals surface area contributed by atoms with Crippen molar-refractivity contribution in [2.45, 2.75) is 17.4 Å². The summed E-state index contributed by atoms with van der Waals surface area (Å²) in [5.74, 6) is -1.14. The van der Waals surface area contributed by atoms with Gasteiger partial charge in [0.05, 0.1) is 0 Å². The maximum Gasteiger partial charge on any atom is 0.461 e. The highest BCUT2D eigenvalue weighted by Gasteiger charge is 2.43. The van der Waals surface area contributed by atoms with E-state index in [2.05, 4.69) is 4.74 Å². The van der Waals surface area contributed by atoms with E-state index in [1.54, 1.807) is 0 Å². The zero-order valence-corrected chi connectivity index (χ0v) is 10.1. The second-order valence-electron chi connectivity index (χ2n) is 3.15. The van der Waals surface area contributed by atoms with Gasteiger partial charge < -0.3 is 4.74 Å². The van der Waals surface area contributed by atoms with E-state index in [0.29, 0.717) is 0 Å². The summed E-state index contributed by atoms with van der Waals surface area (Å²) in [6.07, 6.45) is -8.54. The molecule has 8 heteroatoms. The second-order valence-corrected chi connectivity index (χ2v) is 4.25. The summed E-state index contributed by atoms with van der Waals surface area (Å²) in [6.45, 7) is 0. The van der Waals surface area contributed by atoms with Crippen molar-refractivity contribution in [3.8, 4) is 5.75 Å². The average Bonchev–Trinajstić information content (AvgIpc) is 2.28. The largest absolute Gasteiger partial charge is 0.461 e. The Morgan fingerprint density at radius 1 is 1.17 bits per heavy atom. The minimum atomic E-state index is -4.59. The first-order valence-corrected chi connectivity index (χ1v) is 5.38. The van der Waals surface area contributed by atoms with Crippen molar-refractivity contribution >= 4 is 29.0 Å². The molecule has 0 saturated carbocycles. The van der Waals surface area contributed by atoms with E-state index in [1.165, 1.54) is 0 Å². The van der Waals surface area contributed by atoms with Crippen LogP contribution >= 0.6 is 23.2 Å². The maximum absolute atomic E-state index is 12.5. The number of halogens is 6. The van der Waals surface area contributed by atoms with E-state index in [0.717, 1.165) is 24.3 Å². The van der Waals surface area contributed by atoms with E-state index in [9.17, 15) is 22.4 Å². The molecule has 0 radical (unpaired) electrons. The lowest BCUT2D eigenvalue weighted by atomic mass is 10.1. The number of alkyl halides is 6. The summed E-state index contributed by atoms with van der Waals surface area (Å²) >= 11 is 10.6. The number of carbonyl (C=O) groups excluding carboxylic acids is 1. The highest BCUT2D eigenvalue weighted by Crippen LogP contribution is 2.27. The van der Waals surface area contributed by atoms with E-state index in [4.69, 9.17) is 23.2 Å². The molecule has 0 aliphatic carbocycles. The molecule has 2 nitrogen and oxygen atoms in total. The molecular formula is C10H6Cl2F4O2. The molecule has 100 valence electrons. The molecule has 0 spiro atoms. The van der Waals surface area contributed by atoms with Gasteiger partial charge in [0.25, 0.3) is 0 Å². The Bertz CT molecular complexity index is 420. The molecule has 0 unspecified atom stereocenters. The number of ketones is 1. The third-order valence-corrected chi connectivity index (χ3v) is 2.24. The number of benzene rings is 1. The zero-order valence-electron chi connectivity index (χ0n) is 8.55. The lowest BCUT2D eigenvalue weighted by molar-refractivity contribution is -0.253. The normalized spacial score (nSPS) is 12.0. The number of rotatable bonds is 5. The molecule has 1 aromatic carbocycles. The fourth-order valence-corrected chi connectivity index (χ4v) is 1.27. The molecule has 18 heavy (non-hydrogen) atoms. The van der Waals surface area contributed by atoms with E-state index >= 15 is 0 Å². The lowest BCUT2D eigenvalue weighted by Gasteiger charge is -2.16. The van der Waals surface area contributed by atoms with Crippen LogP contribution in [-0.4, -0.2) is 23.2 Å². The van der Waals surface area contributed by atoms with Gasteiger partial charge in [-0.1, -0.05) is 23.2 Å². The highest BCUT2D eigenvalue weighted by molar-refractivity contribution is 6.55. The van der Waals surface area contributed by atoms with E-state index in [1.807, 2.05) is 0 Å². The molecule has 0 fully saturated rings. The molecule has 0 amide bonds. The topological polar surface area (TPSA) is 26.3 Å². The quantitative estimate of drug-likeness (QED) is 0.468. The number of hydrogen-bond donors (Lipinski definition) is 0. The summed E-state index contributed by atoms with van der Waals surface area (Å²) in [7, 11) is 0. The molecule has 0 heterocycles. The number of hydrogen-bond acceptors (Lipinski definition) is 2. The molecule has 1 aromatic rings. The monoisotopic (exact) mass is 304 g/mol. The highest BCUT2D eigenvalue weighted by atomic mass is 35.5. The Morgan fingerprint density at radius 2 is 1.67 bits per heavy atom. The lowest BCUT2D eigenvalue weighted by Crippen LogP contribution is -2.33. The summed E-state index contributed by atoms with van der Waals surface area (Å²) in [4.78, 5) is 9.98. The second kappa shape index (κ2) is 5.75. The van der Waals surface area contributed by atoms with Gasteiger partial charge in [0.1, 0.15) is 5.75 Å². The van der Waals surface area contributed by atoms with Crippen LogP contribution in [0.15, 0.2) is 24.3 Å². The van der Waals surface area contributed by atoms with Gasteiger partial charge >= 0.3 is 12.5 Å². The van der Waals surface area contributed by atoms with Crippen LogP contribution in [-0.2, 0) is 0 Å². The zero-order chi connectivity index (χ0) is 13.9. The molecule has 0 aliphatic rings. The van der Waals surface area contributed by atoms with E-state index < -0.39 is 28.9 Å². The molecule has 0 aromatic heterocycles. The third-order valence-electron chi connectivity index (χ3n) is 1.85. The maximum atomic E-state index is 12.5. The van der Waals surface area contributed by atoms with Crippen LogP contribution < -0.4 is 4.74 Å². The molecule has 0 N–H and O–H groups in total. The van der Waals surface area contributed by atoms with Gasteiger partial charge in [-0.15, -0.1) is 0 Å². The summed E-state index contributed by atoms with van der Waals surface area (Å²) in [5.41, 5.74) is 0.0534. The first-order valence-electron chi connectivity index (χ1n) is 4.51. The smallest absolute Gasteiger partial charge is 0.428 e. The van der Waals surface area contributed by atoms with Crippen LogP contribution in [0.3, 0.4) is 0 Å². The Labute approximate surface area is 109 Å².